The highest BCUT2D eigenvalue weighted by Crippen LogP contribution is 2.38. The molecule has 1 aliphatic heterocycles. The Morgan fingerprint density at radius 2 is 1.70 bits per heavy atom. The van der Waals surface area contributed by atoms with Crippen LogP contribution in [0.4, 0.5) is 17.1 Å². The first-order chi connectivity index (χ1) is 14.5. The van der Waals surface area contributed by atoms with E-state index in [2.05, 4.69) is 5.32 Å². The van der Waals surface area contributed by atoms with E-state index in [0.717, 1.165) is 0 Å². The molecule has 30 heavy (non-hydrogen) atoms. The van der Waals surface area contributed by atoms with Gasteiger partial charge in [0.2, 0.25) is 5.75 Å². The van der Waals surface area contributed by atoms with Gasteiger partial charge in [-0.2, -0.15) is 0 Å². The van der Waals surface area contributed by atoms with E-state index in [-0.39, 0.29) is 11.3 Å². The summed E-state index contributed by atoms with van der Waals surface area (Å²) >= 11 is 0. The molecule has 10 nitrogen and oxygen atoms in total. The third-order valence-electron chi connectivity index (χ3n) is 4.71. The normalized spacial score (nSPS) is 13.5. The van der Waals surface area contributed by atoms with Gasteiger partial charge in [0.15, 0.2) is 11.5 Å². The first-order valence-electron chi connectivity index (χ1n) is 9.21. The van der Waals surface area contributed by atoms with E-state index in [4.69, 9.17) is 18.9 Å². The SMILES string of the molecule is COc1cc(C(=O)Nc2ccc(N3CCOCC3)c([N+](=O)[O-])c2)cc(OC)c1OC. The van der Waals surface area contributed by atoms with Gasteiger partial charge < -0.3 is 29.2 Å². The molecule has 1 aliphatic rings. The molecule has 1 saturated heterocycles. The molecule has 1 fully saturated rings. The van der Waals surface area contributed by atoms with Gasteiger partial charge in [-0.05, 0) is 24.3 Å². The van der Waals surface area contributed by atoms with E-state index < -0.39 is 10.8 Å². The fourth-order valence-electron chi connectivity index (χ4n) is 3.23. The highest BCUT2D eigenvalue weighted by Gasteiger charge is 2.23. The van der Waals surface area contributed by atoms with Crippen LogP contribution in [0.3, 0.4) is 0 Å². The Hall–Kier alpha value is -3.53. The number of nitro groups is 1. The van der Waals surface area contributed by atoms with Gasteiger partial charge in [0.25, 0.3) is 11.6 Å². The lowest BCUT2D eigenvalue weighted by Crippen LogP contribution is -2.36. The second kappa shape index (κ2) is 9.31. The number of benzene rings is 2. The van der Waals surface area contributed by atoms with Crippen LogP contribution in [0.1, 0.15) is 10.4 Å². The van der Waals surface area contributed by atoms with Gasteiger partial charge in [-0.25, -0.2) is 0 Å². The smallest absolute Gasteiger partial charge is 0.294 e. The van der Waals surface area contributed by atoms with Gasteiger partial charge in [-0.15, -0.1) is 0 Å². The van der Waals surface area contributed by atoms with E-state index in [1.165, 1.54) is 39.5 Å². The fourth-order valence-corrected chi connectivity index (χ4v) is 3.23. The number of carbonyl (C=O) groups excluding carboxylic acids is 1. The predicted molar refractivity (Wildman–Crippen MR) is 110 cm³/mol. The molecule has 0 atom stereocenters. The largest absolute Gasteiger partial charge is 0.493 e. The van der Waals surface area contributed by atoms with Crippen LogP contribution in [0, 0.1) is 10.1 Å². The molecule has 0 unspecified atom stereocenters. The molecule has 2 aromatic rings. The van der Waals surface area contributed by atoms with Crippen LogP contribution in [-0.4, -0.2) is 58.5 Å². The predicted octanol–water partition coefficient (Wildman–Crippen LogP) is 2.71. The second-order valence-electron chi connectivity index (χ2n) is 6.43. The maximum atomic E-state index is 12.8. The Kier molecular flexibility index (Phi) is 6.58. The van der Waals surface area contributed by atoms with Gasteiger partial charge in [-0.1, -0.05) is 0 Å². The number of methoxy groups -OCH3 is 3. The topological polar surface area (TPSA) is 112 Å². The van der Waals surface area contributed by atoms with Gasteiger partial charge >= 0.3 is 0 Å². The van der Waals surface area contributed by atoms with E-state index in [1.54, 1.807) is 12.1 Å². The third-order valence-corrected chi connectivity index (χ3v) is 4.71. The average molecular weight is 417 g/mol. The van der Waals surface area contributed by atoms with Crippen LogP contribution in [0.25, 0.3) is 0 Å². The summed E-state index contributed by atoms with van der Waals surface area (Å²) in [4.78, 5) is 25.8. The summed E-state index contributed by atoms with van der Waals surface area (Å²) in [6.07, 6.45) is 0. The Morgan fingerprint density at radius 3 is 2.23 bits per heavy atom. The zero-order valence-electron chi connectivity index (χ0n) is 17.0. The summed E-state index contributed by atoms with van der Waals surface area (Å²) in [7, 11) is 4.37. The van der Waals surface area contributed by atoms with Crippen molar-refractivity contribution in [1.29, 1.82) is 0 Å². The van der Waals surface area contributed by atoms with Crippen LogP contribution in [0.5, 0.6) is 17.2 Å². The number of amides is 1. The molecule has 3 rings (SSSR count). The van der Waals surface area contributed by atoms with E-state index in [0.29, 0.717) is 54.9 Å². The van der Waals surface area contributed by atoms with Crippen molar-refractivity contribution in [2.24, 2.45) is 0 Å². The molecule has 1 N–H and O–H groups in total. The van der Waals surface area contributed by atoms with Crippen LogP contribution in [-0.2, 0) is 4.74 Å². The van der Waals surface area contributed by atoms with Gasteiger partial charge in [0.05, 0.1) is 39.5 Å². The quantitative estimate of drug-likeness (QED) is 0.541. The number of nitro benzene ring substituents is 1. The highest BCUT2D eigenvalue weighted by atomic mass is 16.6. The lowest BCUT2D eigenvalue weighted by atomic mass is 10.1. The molecule has 0 saturated carbocycles. The number of ether oxygens (including phenoxy) is 4. The maximum Gasteiger partial charge on any atom is 0.294 e. The van der Waals surface area contributed by atoms with Crippen molar-refractivity contribution in [2.75, 3.05) is 57.8 Å². The maximum absolute atomic E-state index is 12.8. The van der Waals surface area contributed by atoms with Crippen LogP contribution in [0.2, 0.25) is 0 Å². The van der Waals surface area contributed by atoms with Crippen LogP contribution < -0.4 is 24.4 Å². The minimum absolute atomic E-state index is 0.0837. The molecule has 0 radical (unpaired) electrons. The lowest BCUT2D eigenvalue weighted by molar-refractivity contribution is -0.384. The molecule has 2 aromatic carbocycles. The first kappa shape index (κ1) is 21.2. The summed E-state index contributed by atoms with van der Waals surface area (Å²) in [5.74, 6) is 0.552. The summed E-state index contributed by atoms with van der Waals surface area (Å²) in [6, 6.07) is 7.63. The number of nitrogens with zero attached hydrogens (tertiary/aromatic N) is 2. The van der Waals surface area contributed by atoms with E-state index in [9.17, 15) is 14.9 Å². The standard InChI is InChI=1S/C20H23N3O7/c1-27-17-10-13(11-18(28-2)19(17)29-3)20(24)21-14-4-5-15(16(12-14)23(25)26)22-6-8-30-9-7-22/h4-5,10-12H,6-9H2,1-3H3,(H,21,24). The van der Waals surface area contributed by atoms with Crippen molar-refractivity contribution < 1.29 is 28.7 Å². The second-order valence-corrected chi connectivity index (χ2v) is 6.43. The molecule has 0 aromatic heterocycles. The monoisotopic (exact) mass is 417 g/mol. The van der Waals surface area contributed by atoms with Gasteiger partial charge in [-0.3, -0.25) is 14.9 Å². The van der Waals surface area contributed by atoms with Gasteiger partial charge in [0.1, 0.15) is 5.69 Å². The van der Waals surface area contributed by atoms with Crippen LogP contribution in [0.15, 0.2) is 30.3 Å². The molecule has 0 aliphatic carbocycles. The van der Waals surface area contributed by atoms with Crippen molar-refractivity contribution in [3.05, 3.63) is 46.0 Å². The lowest BCUT2D eigenvalue weighted by Gasteiger charge is -2.28. The third kappa shape index (κ3) is 4.38. The molecule has 1 heterocycles. The number of anilines is 2. The summed E-state index contributed by atoms with van der Waals surface area (Å²) in [5.41, 5.74) is 0.968. The number of rotatable bonds is 7. The molecular formula is C20H23N3O7. The van der Waals surface area contributed by atoms with Crippen molar-refractivity contribution in [3.8, 4) is 17.2 Å². The molecule has 0 bridgehead atoms. The van der Waals surface area contributed by atoms with Crippen molar-refractivity contribution in [3.63, 3.8) is 0 Å². The summed E-state index contributed by atoms with van der Waals surface area (Å²) in [5, 5.41) is 14.3. The molecule has 1 amide bonds. The molecule has 0 spiro atoms. The number of carbonyl (C=O) groups is 1. The Morgan fingerprint density at radius 1 is 1.07 bits per heavy atom. The van der Waals surface area contributed by atoms with Gasteiger partial charge in [0, 0.05) is 30.4 Å². The minimum Gasteiger partial charge on any atom is -0.493 e. The zero-order valence-corrected chi connectivity index (χ0v) is 17.0. The minimum atomic E-state index is -0.470. The number of morpholine rings is 1. The van der Waals surface area contributed by atoms with E-state index in [1.807, 2.05) is 4.90 Å². The van der Waals surface area contributed by atoms with Crippen LogP contribution >= 0.6 is 0 Å². The van der Waals surface area contributed by atoms with Crippen molar-refractivity contribution in [2.45, 2.75) is 0 Å². The fraction of sp³-hybridized carbons (Fsp3) is 0.350. The number of nitrogens with one attached hydrogen (secondary N) is 1. The van der Waals surface area contributed by atoms with Crippen molar-refractivity contribution >= 4 is 23.0 Å². The van der Waals surface area contributed by atoms with Crippen molar-refractivity contribution in [1.82, 2.24) is 0 Å². The number of hydrogen-bond donors (Lipinski definition) is 1. The van der Waals surface area contributed by atoms with E-state index >= 15 is 0 Å². The summed E-state index contributed by atoms with van der Waals surface area (Å²) in [6.45, 7) is 2.16. The molecule has 10 heteroatoms. The zero-order chi connectivity index (χ0) is 21.7. The summed E-state index contributed by atoms with van der Waals surface area (Å²) < 4.78 is 21.1. The molecule has 160 valence electrons. The Bertz CT molecular complexity index is 917. The first-order valence-corrected chi connectivity index (χ1v) is 9.21. The number of hydrogen-bond acceptors (Lipinski definition) is 8. The molecular weight excluding hydrogens is 394 g/mol. The average Bonchev–Trinajstić information content (AvgIpc) is 2.78. The highest BCUT2D eigenvalue weighted by molar-refractivity contribution is 6.05. The Balaban J connectivity index is 1.88. The Labute approximate surface area is 173 Å².